The topological polar surface area (TPSA) is 114 Å². The molecule has 1 saturated heterocycles. The average Bonchev–Trinajstić information content (AvgIpc) is 3.22. The summed E-state index contributed by atoms with van der Waals surface area (Å²) in [6.07, 6.45) is 2.00. The van der Waals surface area contributed by atoms with Crippen LogP contribution in [0, 0.1) is 10.1 Å². The van der Waals surface area contributed by atoms with Gasteiger partial charge < -0.3 is 20.3 Å². The van der Waals surface area contributed by atoms with Gasteiger partial charge in [-0.05, 0) is 37.1 Å². The summed E-state index contributed by atoms with van der Waals surface area (Å²) in [6.45, 7) is 1.48. The molecule has 3 rings (SSSR count). The number of rotatable bonds is 5. The molecule has 1 heterocycles. The first-order chi connectivity index (χ1) is 13.5. The highest BCUT2D eigenvalue weighted by Crippen LogP contribution is 2.28. The van der Waals surface area contributed by atoms with Gasteiger partial charge in [0.05, 0.1) is 12.0 Å². The molecule has 0 spiro atoms. The van der Waals surface area contributed by atoms with Crippen molar-refractivity contribution in [2.75, 3.05) is 30.8 Å². The van der Waals surface area contributed by atoms with Gasteiger partial charge in [0.2, 0.25) is 0 Å². The molecule has 146 valence electrons. The zero-order valence-electron chi connectivity index (χ0n) is 15.3. The van der Waals surface area contributed by atoms with Crippen LogP contribution < -0.4 is 15.4 Å². The molecule has 28 heavy (non-hydrogen) atoms. The fraction of sp³-hybridized carbons (Fsp3) is 0.263. The number of urea groups is 1. The summed E-state index contributed by atoms with van der Waals surface area (Å²) in [6, 6.07) is 10.5. The van der Waals surface area contributed by atoms with Gasteiger partial charge in [-0.15, -0.1) is 0 Å². The Kier molecular flexibility index (Phi) is 5.73. The molecule has 0 aliphatic carbocycles. The zero-order chi connectivity index (χ0) is 20.1. The summed E-state index contributed by atoms with van der Waals surface area (Å²) in [7, 11) is 1.30. The molecule has 0 aromatic heterocycles. The van der Waals surface area contributed by atoms with Crippen molar-refractivity contribution in [2.24, 2.45) is 0 Å². The summed E-state index contributed by atoms with van der Waals surface area (Å²) >= 11 is 0. The van der Waals surface area contributed by atoms with Gasteiger partial charge in [-0.1, -0.05) is 6.07 Å². The maximum Gasteiger partial charge on any atom is 0.321 e. The Morgan fingerprint density at radius 1 is 1.07 bits per heavy atom. The molecule has 3 amide bonds. The molecule has 2 aromatic rings. The van der Waals surface area contributed by atoms with E-state index in [1.54, 1.807) is 29.2 Å². The summed E-state index contributed by atoms with van der Waals surface area (Å²) in [5.74, 6) is -0.444. The highest BCUT2D eigenvalue weighted by molar-refractivity contribution is 6.05. The number of nitro benzene ring substituents is 1. The van der Waals surface area contributed by atoms with E-state index in [0.29, 0.717) is 11.4 Å². The van der Waals surface area contributed by atoms with E-state index >= 15 is 0 Å². The number of nitro groups is 1. The van der Waals surface area contributed by atoms with Gasteiger partial charge in [0.1, 0.15) is 0 Å². The molecule has 2 N–H and O–H groups in total. The normalized spacial score (nSPS) is 13.1. The molecule has 0 saturated carbocycles. The molecule has 0 atom stereocenters. The number of methoxy groups -OCH3 is 1. The Labute approximate surface area is 161 Å². The van der Waals surface area contributed by atoms with E-state index in [-0.39, 0.29) is 23.0 Å². The third-order valence-corrected chi connectivity index (χ3v) is 4.40. The monoisotopic (exact) mass is 384 g/mol. The lowest BCUT2D eigenvalue weighted by atomic mass is 10.1. The second-order valence-corrected chi connectivity index (χ2v) is 6.30. The van der Waals surface area contributed by atoms with Crippen LogP contribution in [-0.4, -0.2) is 42.0 Å². The Morgan fingerprint density at radius 3 is 2.39 bits per heavy atom. The number of hydrogen-bond acceptors (Lipinski definition) is 5. The minimum Gasteiger partial charge on any atom is -0.490 e. The van der Waals surface area contributed by atoms with E-state index in [9.17, 15) is 19.7 Å². The highest BCUT2D eigenvalue weighted by Gasteiger charge is 2.19. The number of likely N-dealkylation sites (tertiary alicyclic amines) is 1. The lowest BCUT2D eigenvalue weighted by molar-refractivity contribution is -0.385. The van der Waals surface area contributed by atoms with Gasteiger partial charge in [-0.25, -0.2) is 4.79 Å². The summed E-state index contributed by atoms with van der Waals surface area (Å²) in [5, 5.41) is 16.5. The third kappa shape index (κ3) is 4.37. The second kappa shape index (κ2) is 8.38. The minimum atomic E-state index is -0.576. The molecule has 1 aliphatic rings. The third-order valence-electron chi connectivity index (χ3n) is 4.40. The Balaban J connectivity index is 1.70. The number of amides is 3. The van der Waals surface area contributed by atoms with Crippen molar-refractivity contribution < 1.29 is 19.2 Å². The largest absolute Gasteiger partial charge is 0.490 e. The van der Waals surface area contributed by atoms with Gasteiger partial charge in [0, 0.05) is 42.2 Å². The lowest BCUT2D eigenvalue weighted by Gasteiger charge is -2.16. The number of carbonyl (C=O) groups is 2. The fourth-order valence-corrected chi connectivity index (χ4v) is 2.97. The van der Waals surface area contributed by atoms with E-state index < -0.39 is 10.8 Å². The lowest BCUT2D eigenvalue weighted by Crippen LogP contribution is -2.32. The van der Waals surface area contributed by atoms with Crippen LogP contribution in [0.4, 0.5) is 21.9 Å². The number of hydrogen-bond donors (Lipinski definition) is 2. The molecule has 2 aromatic carbocycles. The minimum absolute atomic E-state index is 0.00396. The Bertz CT molecular complexity index is 909. The van der Waals surface area contributed by atoms with Crippen LogP contribution in [0.2, 0.25) is 0 Å². The molecule has 0 radical (unpaired) electrons. The first kappa shape index (κ1) is 19.2. The maximum atomic E-state index is 12.5. The van der Waals surface area contributed by atoms with Gasteiger partial charge >= 0.3 is 11.7 Å². The van der Waals surface area contributed by atoms with Crippen LogP contribution in [-0.2, 0) is 0 Å². The van der Waals surface area contributed by atoms with E-state index in [0.717, 1.165) is 25.9 Å². The zero-order valence-corrected chi connectivity index (χ0v) is 15.3. The quantitative estimate of drug-likeness (QED) is 0.605. The van der Waals surface area contributed by atoms with Crippen molar-refractivity contribution in [1.82, 2.24) is 4.90 Å². The molecular formula is C19H20N4O5. The molecule has 1 aliphatic heterocycles. The van der Waals surface area contributed by atoms with E-state index in [1.165, 1.54) is 25.3 Å². The molecule has 0 unspecified atom stereocenters. The van der Waals surface area contributed by atoms with E-state index in [4.69, 9.17) is 4.74 Å². The number of carbonyl (C=O) groups excluding carboxylic acids is 2. The molecule has 9 nitrogen and oxygen atoms in total. The second-order valence-electron chi connectivity index (χ2n) is 6.30. The van der Waals surface area contributed by atoms with Gasteiger partial charge in [-0.3, -0.25) is 14.9 Å². The first-order valence-corrected chi connectivity index (χ1v) is 8.77. The predicted molar refractivity (Wildman–Crippen MR) is 104 cm³/mol. The van der Waals surface area contributed by atoms with Crippen LogP contribution in [0.15, 0.2) is 42.5 Å². The van der Waals surface area contributed by atoms with Crippen molar-refractivity contribution in [3.05, 3.63) is 58.1 Å². The van der Waals surface area contributed by atoms with Crippen molar-refractivity contribution in [3.63, 3.8) is 0 Å². The van der Waals surface area contributed by atoms with Gasteiger partial charge in [0.25, 0.3) is 5.91 Å². The smallest absolute Gasteiger partial charge is 0.321 e. The van der Waals surface area contributed by atoms with Crippen LogP contribution in [0.25, 0.3) is 0 Å². The van der Waals surface area contributed by atoms with Crippen LogP contribution in [0.1, 0.15) is 23.2 Å². The summed E-state index contributed by atoms with van der Waals surface area (Å²) < 4.78 is 4.99. The van der Waals surface area contributed by atoms with Crippen molar-refractivity contribution in [3.8, 4) is 5.75 Å². The van der Waals surface area contributed by atoms with Crippen molar-refractivity contribution in [2.45, 2.75) is 12.8 Å². The molecule has 1 fully saturated rings. The van der Waals surface area contributed by atoms with Crippen molar-refractivity contribution >= 4 is 29.0 Å². The number of ether oxygens (including phenoxy) is 1. The summed E-state index contributed by atoms with van der Waals surface area (Å²) in [4.78, 5) is 36.8. The molecule has 9 heteroatoms. The number of benzene rings is 2. The first-order valence-electron chi connectivity index (χ1n) is 8.77. The van der Waals surface area contributed by atoms with Gasteiger partial charge in [0.15, 0.2) is 5.75 Å². The molecular weight excluding hydrogens is 364 g/mol. The fourth-order valence-electron chi connectivity index (χ4n) is 2.97. The van der Waals surface area contributed by atoms with Gasteiger partial charge in [-0.2, -0.15) is 0 Å². The van der Waals surface area contributed by atoms with Crippen molar-refractivity contribution in [1.29, 1.82) is 0 Å². The Hall–Kier alpha value is -3.62. The number of nitrogens with zero attached hydrogens (tertiary/aromatic N) is 2. The SMILES string of the molecule is COc1cc(C(=O)Nc2cccc(NC(=O)N3CCCC3)c2)ccc1[N+](=O)[O-]. The van der Waals surface area contributed by atoms with Crippen LogP contribution in [0.3, 0.4) is 0 Å². The average molecular weight is 384 g/mol. The number of nitrogens with one attached hydrogen (secondary N) is 2. The standard InChI is InChI=1S/C19H20N4O5/c1-28-17-11-13(7-8-16(17)23(26)27)18(24)20-14-5-4-6-15(12-14)21-19(25)22-9-2-3-10-22/h4-8,11-12H,2-3,9-10H2,1H3,(H,20,24)(H,21,25). The predicted octanol–water partition coefficient (Wildman–Crippen LogP) is 3.48. The van der Waals surface area contributed by atoms with E-state index in [2.05, 4.69) is 10.6 Å². The summed E-state index contributed by atoms with van der Waals surface area (Å²) in [5.41, 5.74) is 1.05. The number of anilines is 2. The van der Waals surface area contributed by atoms with E-state index in [1.807, 2.05) is 0 Å². The maximum absolute atomic E-state index is 12.5. The van der Waals surface area contributed by atoms with Crippen LogP contribution >= 0.6 is 0 Å². The Morgan fingerprint density at radius 2 is 1.75 bits per heavy atom. The van der Waals surface area contributed by atoms with Crippen LogP contribution in [0.5, 0.6) is 5.75 Å². The molecule has 0 bridgehead atoms. The highest BCUT2D eigenvalue weighted by atomic mass is 16.6.